The van der Waals surface area contributed by atoms with Crippen molar-refractivity contribution in [3.8, 4) is 5.75 Å². The highest BCUT2D eigenvalue weighted by atomic mass is 35.5. The molecule has 2 aliphatic rings. The highest BCUT2D eigenvalue weighted by molar-refractivity contribution is 6.35. The molecule has 0 unspecified atom stereocenters. The average Bonchev–Trinajstić information content (AvgIpc) is 3.25. The van der Waals surface area contributed by atoms with Crippen LogP contribution in [0.4, 0.5) is 16.2 Å². The third kappa shape index (κ3) is 6.27. The van der Waals surface area contributed by atoms with Crippen LogP contribution in [0.15, 0.2) is 72.8 Å². The second kappa shape index (κ2) is 12.9. The third-order valence-corrected chi connectivity index (χ3v) is 8.46. The van der Waals surface area contributed by atoms with Crippen molar-refractivity contribution in [2.45, 2.75) is 24.8 Å². The first kappa shape index (κ1) is 29.5. The van der Waals surface area contributed by atoms with E-state index in [0.717, 1.165) is 11.3 Å². The molecule has 0 bridgehead atoms. The second-order valence-electron chi connectivity index (χ2n) is 10.4. The van der Waals surface area contributed by atoms with E-state index in [1.807, 2.05) is 48.5 Å². The largest absolute Gasteiger partial charge is 0.495 e. The number of methoxy groups -OCH3 is 1. The van der Waals surface area contributed by atoms with Crippen molar-refractivity contribution in [2.24, 2.45) is 0 Å². The summed E-state index contributed by atoms with van der Waals surface area (Å²) < 4.78 is 5.35. The van der Waals surface area contributed by atoms with Gasteiger partial charge in [0.15, 0.2) is 0 Å². The number of carbonyl (C=O) groups excluding carboxylic acids is 3. The highest BCUT2D eigenvalue weighted by Crippen LogP contribution is 2.39. The highest BCUT2D eigenvalue weighted by Gasteiger charge is 2.54. The second-order valence-corrected chi connectivity index (χ2v) is 11.2. The van der Waals surface area contributed by atoms with Gasteiger partial charge < -0.3 is 30.1 Å². The van der Waals surface area contributed by atoms with Crippen molar-refractivity contribution in [2.75, 3.05) is 50.2 Å². The van der Waals surface area contributed by atoms with Crippen LogP contribution in [0, 0.1) is 0 Å². The lowest BCUT2D eigenvalue weighted by Crippen LogP contribution is -2.58. The van der Waals surface area contributed by atoms with Gasteiger partial charge in [-0.15, -0.1) is 0 Å². The first-order valence-corrected chi connectivity index (χ1v) is 14.6. The van der Waals surface area contributed by atoms with E-state index in [2.05, 4.69) is 15.5 Å². The lowest BCUT2D eigenvalue weighted by atomic mass is 9.85. The number of hydrogen-bond donors (Lipinski definition) is 2. The molecule has 1 spiro atoms. The number of carbonyl (C=O) groups is 3. The lowest BCUT2D eigenvalue weighted by Gasteiger charge is -2.43. The van der Waals surface area contributed by atoms with Crippen molar-refractivity contribution in [1.29, 1.82) is 0 Å². The van der Waals surface area contributed by atoms with Gasteiger partial charge in [0.1, 0.15) is 17.8 Å². The van der Waals surface area contributed by atoms with E-state index in [9.17, 15) is 14.4 Å². The van der Waals surface area contributed by atoms with Crippen LogP contribution in [0.5, 0.6) is 5.75 Å². The zero-order valence-electron chi connectivity index (χ0n) is 23.3. The topological polar surface area (TPSA) is 94.2 Å². The van der Waals surface area contributed by atoms with Crippen LogP contribution in [-0.4, -0.2) is 73.1 Å². The summed E-state index contributed by atoms with van der Waals surface area (Å²) in [4.78, 5) is 45.4. The molecule has 0 atom stereocenters. The van der Waals surface area contributed by atoms with Crippen LogP contribution in [-0.2, 0) is 16.0 Å². The minimum atomic E-state index is -0.848. The molecule has 0 radical (unpaired) electrons. The van der Waals surface area contributed by atoms with Gasteiger partial charge in [-0.3, -0.25) is 9.59 Å². The van der Waals surface area contributed by atoms with E-state index in [1.165, 1.54) is 0 Å². The van der Waals surface area contributed by atoms with Gasteiger partial charge in [-0.1, -0.05) is 59.6 Å². The summed E-state index contributed by atoms with van der Waals surface area (Å²) in [6.45, 7) is 1.38. The van der Waals surface area contributed by atoms with Gasteiger partial charge in [0.25, 0.3) is 5.91 Å². The average molecular weight is 611 g/mol. The van der Waals surface area contributed by atoms with Crippen LogP contribution < -0.4 is 20.3 Å². The predicted octanol–water partition coefficient (Wildman–Crippen LogP) is 5.03. The van der Waals surface area contributed by atoms with Crippen molar-refractivity contribution >= 4 is 52.4 Å². The van der Waals surface area contributed by atoms with Crippen molar-refractivity contribution < 1.29 is 19.1 Å². The smallest absolute Gasteiger partial charge is 0.321 e. The molecular weight excluding hydrogens is 577 g/mol. The minimum absolute atomic E-state index is 0.0593. The molecule has 4 amide bonds. The molecule has 9 nitrogen and oxygen atoms in total. The number of piperidine rings is 1. The van der Waals surface area contributed by atoms with E-state index in [4.69, 9.17) is 27.9 Å². The van der Waals surface area contributed by atoms with E-state index < -0.39 is 5.54 Å². The molecule has 2 saturated heterocycles. The van der Waals surface area contributed by atoms with E-state index in [-0.39, 0.29) is 31.1 Å². The summed E-state index contributed by atoms with van der Waals surface area (Å²) in [5.74, 6) is 0.227. The number of nitrogens with one attached hydrogen (secondary N) is 2. The summed E-state index contributed by atoms with van der Waals surface area (Å²) in [6.07, 6.45) is 1.42. The van der Waals surface area contributed by atoms with E-state index >= 15 is 0 Å². The Morgan fingerprint density at radius 3 is 2.40 bits per heavy atom. The van der Waals surface area contributed by atoms with Gasteiger partial charge in [-0.2, -0.15) is 0 Å². The monoisotopic (exact) mass is 609 g/mol. The number of benzene rings is 3. The summed E-state index contributed by atoms with van der Waals surface area (Å²) in [5, 5.41) is 6.93. The Morgan fingerprint density at radius 2 is 1.69 bits per heavy atom. The predicted molar refractivity (Wildman–Crippen MR) is 164 cm³/mol. The molecule has 11 heteroatoms. The Kier molecular flexibility index (Phi) is 9.09. The third-order valence-electron chi connectivity index (χ3n) is 7.87. The zero-order chi connectivity index (χ0) is 29.7. The number of ether oxygens (including phenoxy) is 1. The van der Waals surface area contributed by atoms with Crippen LogP contribution in [0.3, 0.4) is 0 Å². The number of amides is 4. The fourth-order valence-corrected chi connectivity index (χ4v) is 6.14. The number of para-hydroxylation sites is 3. The van der Waals surface area contributed by atoms with Gasteiger partial charge in [0.05, 0.1) is 19.5 Å². The molecule has 3 aromatic rings. The molecule has 42 heavy (non-hydrogen) atoms. The van der Waals surface area contributed by atoms with Gasteiger partial charge in [0.2, 0.25) is 5.91 Å². The van der Waals surface area contributed by atoms with Gasteiger partial charge in [-0.05, 0) is 61.2 Å². The number of rotatable bonds is 8. The standard InChI is InChI=1S/C31H33Cl2N5O4/c1-42-27-10-6-5-9-26(27)35-30(41)36-17-14-31(15-18-36)29(40)37(21-38(31)24-7-3-2-4-8-24)20-28(39)34-16-13-22-11-12-23(32)19-25(22)33/h2-12,19H,13-18,20-21H2,1H3,(H,34,39)(H,35,41). The summed E-state index contributed by atoms with van der Waals surface area (Å²) in [7, 11) is 1.56. The lowest BCUT2D eigenvalue weighted by molar-refractivity contribution is -0.137. The molecule has 2 N–H and O–H groups in total. The summed E-state index contributed by atoms with van der Waals surface area (Å²) in [5.41, 5.74) is 1.52. The number of hydrogen-bond acceptors (Lipinski definition) is 5. The Morgan fingerprint density at radius 1 is 0.976 bits per heavy atom. The van der Waals surface area contributed by atoms with Crippen molar-refractivity contribution in [3.05, 3.63) is 88.4 Å². The number of urea groups is 1. The first-order chi connectivity index (χ1) is 20.3. The molecule has 2 fully saturated rings. The molecule has 0 aromatic heterocycles. The van der Waals surface area contributed by atoms with Crippen LogP contribution in [0.2, 0.25) is 10.0 Å². The fourth-order valence-electron chi connectivity index (χ4n) is 5.63. The van der Waals surface area contributed by atoms with E-state index in [0.29, 0.717) is 60.4 Å². The number of likely N-dealkylation sites (tertiary alicyclic amines) is 1. The van der Waals surface area contributed by atoms with Crippen LogP contribution in [0.25, 0.3) is 0 Å². The number of halogens is 2. The van der Waals surface area contributed by atoms with Gasteiger partial charge in [-0.25, -0.2) is 4.79 Å². The zero-order valence-corrected chi connectivity index (χ0v) is 24.8. The summed E-state index contributed by atoms with van der Waals surface area (Å²) >= 11 is 12.2. The SMILES string of the molecule is COc1ccccc1NC(=O)N1CCC2(CC1)C(=O)N(CC(=O)NCCc1ccc(Cl)cc1Cl)CN2c1ccccc1. The van der Waals surface area contributed by atoms with Crippen LogP contribution in [0.1, 0.15) is 18.4 Å². The molecule has 2 aliphatic heterocycles. The molecule has 5 rings (SSSR count). The molecule has 0 saturated carbocycles. The van der Waals surface area contributed by atoms with Crippen molar-refractivity contribution in [1.82, 2.24) is 15.1 Å². The Bertz CT molecular complexity index is 1450. The molecule has 3 aromatic carbocycles. The molecular formula is C31H33Cl2N5O4. The Labute approximate surface area is 255 Å². The van der Waals surface area contributed by atoms with E-state index in [1.54, 1.807) is 41.2 Å². The van der Waals surface area contributed by atoms with Gasteiger partial charge in [0, 0.05) is 35.4 Å². The molecule has 0 aliphatic carbocycles. The maximum atomic E-state index is 14.0. The minimum Gasteiger partial charge on any atom is -0.495 e. The summed E-state index contributed by atoms with van der Waals surface area (Å²) in [6, 6.07) is 22.0. The maximum absolute atomic E-state index is 14.0. The molecule has 2 heterocycles. The number of nitrogens with zero attached hydrogens (tertiary/aromatic N) is 3. The Balaban J connectivity index is 1.24. The quantitative estimate of drug-likeness (QED) is 0.373. The Hall–Kier alpha value is -3.95. The maximum Gasteiger partial charge on any atom is 0.321 e. The normalized spacial score (nSPS) is 16.1. The fraction of sp³-hybridized carbons (Fsp3) is 0.323. The van der Waals surface area contributed by atoms with Crippen molar-refractivity contribution in [3.63, 3.8) is 0 Å². The van der Waals surface area contributed by atoms with Crippen LogP contribution >= 0.6 is 23.2 Å². The van der Waals surface area contributed by atoms with Gasteiger partial charge >= 0.3 is 6.03 Å². The number of anilines is 2. The first-order valence-electron chi connectivity index (χ1n) is 13.8. The molecule has 220 valence electrons.